The standard InChI is InChI=1S/C53H62O25/c1-6-53(4,68)17-7-8-23(2)49(67)76-46-37(59)24(3)71-51(44(46)66)72-28-19-30(57)36-32(20-28)73-45(26-11-13-27(55)14-12-26)47(40(36)62)77-52-48(42(64)38(60)33(21-54)74-52)78-50-43(65)41(63)39(61)34(75-50)22-70-35(58)16-10-25-9-15-29(56)31(18-25)69-5/h6,8-16,18-20,24,33-34,37-39,41-44,46,48,50-52,54-57,59-61,63-66,68H,1,7,17,21-22H2,2-5H3. The second-order valence-electron chi connectivity index (χ2n) is 19.0. The molecule has 16 unspecified atom stereocenters. The molecule has 3 fully saturated rings. The Morgan fingerprint density at radius 1 is 0.782 bits per heavy atom. The number of ether oxygens (including phenoxy) is 9. The van der Waals surface area contributed by atoms with E-state index < -0.39 is 157 Å². The topological polar surface area (TPSA) is 390 Å². The van der Waals surface area contributed by atoms with Gasteiger partial charge in [0, 0.05) is 29.3 Å². The van der Waals surface area contributed by atoms with Gasteiger partial charge in [-0.25, -0.2) is 9.59 Å². The van der Waals surface area contributed by atoms with Gasteiger partial charge in [-0.2, -0.15) is 0 Å². The summed E-state index contributed by atoms with van der Waals surface area (Å²) in [5.74, 6) is -4.40. The average molecular weight is 1100 g/mol. The zero-order valence-corrected chi connectivity index (χ0v) is 42.4. The molecule has 25 heteroatoms. The van der Waals surface area contributed by atoms with E-state index in [1.165, 1.54) is 81.6 Å². The Balaban J connectivity index is 1.15. The number of aliphatic hydroxyl groups excluding tert-OH is 8. The Morgan fingerprint density at radius 3 is 2.15 bits per heavy atom. The fourth-order valence-corrected chi connectivity index (χ4v) is 8.49. The highest BCUT2D eigenvalue weighted by molar-refractivity contribution is 5.89. The molecule has 7 rings (SSSR count). The third-order valence-corrected chi connectivity index (χ3v) is 13.2. The fraction of sp³-hybridized carbons (Fsp3) is 0.453. The van der Waals surface area contributed by atoms with Gasteiger partial charge in [-0.1, -0.05) is 18.2 Å². The molecule has 3 aromatic carbocycles. The Bertz CT molecular complexity index is 2880. The van der Waals surface area contributed by atoms with Crippen molar-refractivity contribution in [3.63, 3.8) is 0 Å². The Kier molecular flexibility index (Phi) is 18.9. The Labute approximate surface area is 444 Å². The largest absolute Gasteiger partial charge is 0.508 e. The smallest absolute Gasteiger partial charge is 0.333 e. The van der Waals surface area contributed by atoms with Crippen LogP contribution in [0, 0.1) is 0 Å². The van der Waals surface area contributed by atoms with Crippen LogP contribution in [-0.4, -0.2) is 191 Å². The third kappa shape index (κ3) is 13.2. The highest BCUT2D eigenvalue weighted by Gasteiger charge is 2.52. The summed E-state index contributed by atoms with van der Waals surface area (Å²) < 4.78 is 57.1. The molecule has 25 nitrogen and oxygen atoms in total. The van der Waals surface area contributed by atoms with Crippen molar-refractivity contribution in [3.8, 4) is 45.8 Å². The molecule has 3 aliphatic rings. The van der Waals surface area contributed by atoms with E-state index >= 15 is 0 Å². The SMILES string of the molecule is C=CC(C)(O)CCC=C(C)C(=O)OC1C(O)C(C)OC(Oc2cc(O)c3c(=O)c(OC4OC(CO)C(O)C(O)C4OC4OC(COC(=O)C=Cc5ccc(O)c(OC)c5)C(O)C(O)C4O)c(-c4ccc(O)cc4)oc3c2)C1O. The van der Waals surface area contributed by atoms with E-state index in [0.29, 0.717) is 5.56 Å². The number of esters is 2. The number of benzene rings is 3. The van der Waals surface area contributed by atoms with Gasteiger partial charge in [-0.15, -0.1) is 6.58 Å². The second kappa shape index (κ2) is 25.0. The summed E-state index contributed by atoms with van der Waals surface area (Å²) in [6.45, 7) is 6.28. The van der Waals surface area contributed by atoms with E-state index in [4.69, 9.17) is 47.0 Å². The van der Waals surface area contributed by atoms with Gasteiger partial charge in [-0.05, 0) is 81.7 Å². The van der Waals surface area contributed by atoms with E-state index in [-0.39, 0.29) is 47.0 Å². The quantitative estimate of drug-likeness (QED) is 0.0341. The minimum Gasteiger partial charge on any atom is -0.508 e. The van der Waals surface area contributed by atoms with Crippen LogP contribution in [0.25, 0.3) is 28.4 Å². The van der Waals surface area contributed by atoms with Crippen molar-refractivity contribution in [2.45, 2.75) is 131 Å². The molecule has 0 bridgehead atoms. The van der Waals surface area contributed by atoms with E-state index in [9.17, 15) is 75.7 Å². The van der Waals surface area contributed by atoms with Gasteiger partial charge in [0.2, 0.25) is 23.8 Å². The summed E-state index contributed by atoms with van der Waals surface area (Å²) in [6, 6.07) is 11.3. The molecule has 0 radical (unpaired) electrons. The molecule has 3 aliphatic heterocycles. The van der Waals surface area contributed by atoms with Crippen LogP contribution in [0.15, 0.2) is 94.2 Å². The molecule has 424 valence electrons. The average Bonchev–Trinajstić information content (AvgIpc) is 3.57. The molecular weight excluding hydrogens is 1040 g/mol. The van der Waals surface area contributed by atoms with Crippen LogP contribution in [0.2, 0.25) is 0 Å². The van der Waals surface area contributed by atoms with Crippen LogP contribution < -0.4 is 19.6 Å². The maximum atomic E-state index is 14.7. The summed E-state index contributed by atoms with van der Waals surface area (Å²) in [7, 11) is 1.33. The van der Waals surface area contributed by atoms with Crippen LogP contribution >= 0.6 is 0 Å². The monoisotopic (exact) mass is 1100 g/mol. The number of allylic oxidation sites excluding steroid dienone is 1. The first-order valence-corrected chi connectivity index (χ1v) is 24.4. The number of aliphatic hydroxyl groups is 9. The van der Waals surface area contributed by atoms with Crippen LogP contribution in [0.5, 0.6) is 34.5 Å². The van der Waals surface area contributed by atoms with Crippen molar-refractivity contribution in [2.75, 3.05) is 20.3 Å². The first-order valence-electron chi connectivity index (χ1n) is 24.4. The maximum absolute atomic E-state index is 14.7. The number of phenolic OH excluding ortho intramolecular Hbond substituents is 3. The first-order chi connectivity index (χ1) is 36.9. The maximum Gasteiger partial charge on any atom is 0.333 e. The van der Waals surface area contributed by atoms with Gasteiger partial charge in [-0.3, -0.25) is 4.79 Å². The fourth-order valence-electron chi connectivity index (χ4n) is 8.49. The highest BCUT2D eigenvalue weighted by Crippen LogP contribution is 2.40. The number of carbonyl (C=O) groups excluding carboxylic acids is 2. The molecule has 1 aromatic heterocycles. The third-order valence-electron chi connectivity index (χ3n) is 13.2. The summed E-state index contributed by atoms with van der Waals surface area (Å²) in [4.78, 5) is 40.5. The van der Waals surface area contributed by atoms with Crippen LogP contribution in [-0.2, 0) is 38.0 Å². The van der Waals surface area contributed by atoms with Gasteiger partial charge < -0.3 is 108 Å². The molecule has 78 heavy (non-hydrogen) atoms. The van der Waals surface area contributed by atoms with E-state index in [1.54, 1.807) is 6.92 Å². The molecule has 0 spiro atoms. The van der Waals surface area contributed by atoms with Crippen molar-refractivity contribution < 1.29 is 118 Å². The zero-order chi connectivity index (χ0) is 56.9. The van der Waals surface area contributed by atoms with Gasteiger partial charge in [0.15, 0.2) is 41.9 Å². The molecule has 0 aliphatic carbocycles. The van der Waals surface area contributed by atoms with Crippen molar-refractivity contribution in [3.05, 3.63) is 101 Å². The van der Waals surface area contributed by atoms with Crippen LogP contribution in [0.4, 0.5) is 0 Å². The summed E-state index contributed by atoms with van der Waals surface area (Å²) >= 11 is 0. The Morgan fingerprint density at radius 2 is 1.47 bits per heavy atom. The summed E-state index contributed by atoms with van der Waals surface area (Å²) in [6.07, 6.45) is -21.6. The predicted molar refractivity (Wildman–Crippen MR) is 267 cm³/mol. The highest BCUT2D eigenvalue weighted by atomic mass is 16.8. The van der Waals surface area contributed by atoms with Crippen LogP contribution in [0.1, 0.15) is 39.2 Å². The lowest BCUT2D eigenvalue weighted by Crippen LogP contribution is -2.65. The second-order valence-corrected chi connectivity index (χ2v) is 19.0. The van der Waals surface area contributed by atoms with Gasteiger partial charge in [0.1, 0.15) is 83.7 Å². The van der Waals surface area contributed by atoms with E-state index in [0.717, 1.165) is 18.2 Å². The minimum atomic E-state index is -2.11. The Hall–Kier alpha value is -6.69. The minimum absolute atomic E-state index is 0.0345. The molecule has 16 atom stereocenters. The lowest BCUT2D eigenvalue weighted by atomic mass is 9.97. The van der Waals surface area contributed by atoms with Crippen molar-refractivity contribution in [2.24, 2.45) is 0 Å². The number of rotatable bonds is 19. The van der Waals surface area contributed by atoms with Crippen molar-refractivity contribution >= 4 is 29.0 Å². The molecule has 12 N–H and O–H groups in total. The molecular formula is C53H62O25. The lowest BCUT2D eigenvalue weighted by Gasteiger charge is -2.45. The van der Waals surface area contributed by atoms with Crippen molar-refractivity contribution in [1.82, 2.24) is 0 Å². The number of fused-ring (bicyclic) bond motifs is 1. The number of phenols is 3. The lowest BCUT2D eigenvalue weighted by molar-refractivity contribution is -0.358. The van der Waals surface area contributed by atoms with Gasteiger partial charge >= 0.3 is 11.9 Å². The number of carbonyl (C=O) groups is 2. The zero-order valence-electron chi connectivity index (χ0n) is 42.4. The summed E-state index contributed by atoms with van der Waals surface area (Å²) in [5, 5.41) is 129. The van der Waals surface area contributed by atoms with Crippen LogP contribution in [0.3, 0.4) is 0 Å². The molecule has 4 aromatic rings. The van der Waals surface area contributed by atoms with Gasteiger partial charge in [0.05, 0.1) is 25.4 Å². The number of hydrogen-bond acceptors (Lipinski definition) is 25. The number of methoxy groups -OCH3 is 1. The van der Waals surface area contributed by atoms with Crippen molar-refractivity contribution in [1.29, 1.82) is 0 Å². The molecule has 0 amide bonds. The number of hydrogen-bond donors (Lipinski definition) is 12. The predicted octanol–water partition coefficient (Wildman–Crippen LogP) is 0.273. The molecule has 0 saturated carbocycles. The van der Waals surface area contributed by atoms with E-state index in [1.807, 2.05) is 0 Å². The summed E-state index contributed by atoms with van der Waals surface area (Å²) in [5.41, 5.74) is -2.14. The van der Waals surface area contributed by atoms with Gasteiger partial charge in [0.25, 0.3) is 0 Å². The molecule has 3 saturated heterocycles. The molecule has 4 heterocycles. The first kappa shape index (κ1) is 59.0. The van der Waals surface area contributed by atoms with E-state index in [2.05, 4.69) is 6.58 Å². The number of aromatic hydroxyl groups is 3. The normalized spacial score (nSPS) is 30.3.